The number of methoxy groups -OCH3 is 2. The van der Waals surface area contributed by atoms with Gasteiger partial charge in [0, 0.05) is 19.2 Å². The largest absolute Gasteiger partial charge is 0.494 e. The third kappa shape index (κ3) is 5.11. The van der Waals surface area contributed by atoms with Gasteiger partial charge in [-0.05, 0) is 36.8 Å². The van der Waals surface area contributed by atoms with Crippen LogP contribution in [-0.2, 0) is 11.3 Å². The van der Waals surface area contributed by atoms with Crippen molar-refractivity contribution in [1.29, 1.82) is 5.26 Å². The molecule has 2 rings (SSSR count). The summed E-state index contributed by atoms with van der Waals surface area (Å²) in [7, 11) is 2.86. The molecule has 0 saturated carbocycles. The van der Waals surface area contributed by atoms with Crippen molar-refractivity contribution >= 4 is 5.91 Å². The molecule has 27 heavy (non-hydrogen) atoms. The lowest BCUT2D eigenvalue weighted by Crippen LogP contribution is -2.34. The molecule has 0 aliphatic rings. The second kappa shape index (κ2) is 9.43. The Kier molecular flexibility index (Phi) is 7.00. The number of halogens is 1. The maximum Gasteiger partial charge on any atom is 0.260 e. The van der Waals surface area contributed by atoms with E-state index in [9.17, 15) is 9.18 Å². The molecule has 142 valence electrons. The van der Waals surface area contributed by atoms with Crippen molar-refractivity contribution in [3.63, 3.8) is 0 Å². The summed E-state index contributed by atoms with van der Waals surface area (Å²) in [6.07, 6.45) is 0. The van der Waals surface area contributed by atoms with Gasteiger partial charge >= 0.3 is 0 Å². The summed E-state index contributed by atoms with van der Waals surface area (Å²) in [6, 6.07) is 11.3. The lowest BCUT2D eigenvalue weighted by molar-refractivity contribution is -0.133. The summed E-state index contributed by atoms with van der Waals surface area (Å²) in [5, 5.41) is 8.92. The number of carbonyl (C=O) groups excluding carboxylic acids is 1. The number of hydrogen-bond donors (Lipinski definition) is 0. The van der Waals surface area contributed by atoms with Crippen LogP contribution in [0.15, 0.2) is 36.4 Å². The van der Waals surface area contributed by atoms with Gasteiger partial charge in [0.05, 0.1) is 25.9 Å². The van der Waals surface area contributed by atoms with Crippen molar-refractivity contribution < 1.29 is 23.4 Å². The Bertz CT molecular complexity index is 848. The SMILES string of the molecule is CCN(Cc1ccc(OC)c(F)c1)C(=O)COc1ccc(C#N)cc1OC. The highest BCUT2D eigenvalue weighted by Gasteiger charge is 2.15. The van der Waals surface area contributed by atoms with Crippen LogP contribution in [0.5, 0.6) is 17.2 Å². The minimum absolute atomic E-state index is 0.157. The number of benzene rings is 2. The minimum Gasteiger partial charge on any atom is -0.494 e. The highest BCUT2D eigenvalue weighted by Crippen LogP contribution is 2.28. The molecule has 0 aromatic heterocycles. The first-order valence-electron chi connectivity index (χ1n) is 8.33. The smallest absolute Gasteiger partial charge is 0.260 e. The van der Waals surface area contributed by atoms with Crippen molar-refractivity contribution in [1.82, 2.24) is 4.90 Å². The molecule has 0 unspecified atom stereocenters. The molecular weight excluding hydrogens is 351 g/mol. The van der Waals surface area contributed by atoms with E-state index in [4.69, 9.17) is 19.5 Å². The fourth-order valence-corrected chi connectivity index (χ4v) is 2.49. The van der Waals surface area contributed by atoms with E-state index in [0.717, 1.165) is 0 Å². The Morgan fingerprint density at radius 2 is 1.81 bits per heavy atom. The summed E-state index contributed by atoms with van der Waals surface area (Å²) < 4.78 is 29.5. The van der Waals surface area contributed by atoms with Gasteiger partial charge in [-0.3, -0.25) is 4.79 Å². The summed E-state index contributed by atoms with van der Waals surface area (Å²) in [5.41, 5.74) is 1.08. The molecular formula is C20H21FN2O4. The highest BCUT2D eigenvalue weighted by molar-refractivity contribution is 5.77. The van der Waals surface area contributed by atoms with Crippen molar-refractivity contribution in [2.24, 2.45) is 0 Å². The summed E-state index contributed by atoms with van der Waals surface area (Å²) >= 11 is 0. The van der Waals surface area contributed by atoms with E-state index < -0.39 is 5.82 Å². The molecule has 0 aliphatic carbocycles. The molecule has 1 amide bonds. The first-order chi connectivity index (χ1) is 13.0. The lowest BCUT2D eigenvalue weighted by atomic mass is 10.2. The number of likely N-dealkylation sites (N-methyl/N-ethyl adjacent to an activating group) is 1. The Morgan fingerprint density at radius 1 is 1.11 bits per heavy atom. The van der Waals surface area contributed by atoms with E-state index >= 15 is 0 Å². The van der Waals surface area contributed by atoms with Crippen LogP contribution >= 0.6 is 0 Å². The van der Waals surface area contributed by atoms with Gasteiger partial charge in [0.2, 0.25) is 0 Å². The number of nitriles is 1. The molecule has 0 aliphatic heterocycles. The van der Waals surface area contributed by atoms with Gasteiger partial charge in [-0.2, -0.15) is 5.26 Å². The normalized spacial score (nSPS) is 10.0. The molecule has 0 heterocycles. The second-order valence-electron chi connectivity index (χ2n) is 5.64. The van der Waals surface area contributed by atoms with Crippen LogP contribution in [0.4, 0.5) is 4.39 Å². The fourth-order valence-electron chi connectivity index (χ4n) is 2.49. The Morgan fingerprint density at radius 3 is 2.41 bits per heavy atom. The van der Waals surface area contributed by atoms with Gasteiger partial charge in [0.1, 0.15) is 0 Å². The van der Waals surface area contributed by atoms with Crippen molar-refractivity contribution in [2.45, 2.75) is 13.5 Å². The molecule has 0 fully saturated rings. The number of carbonyl (C=O) groups is 1. The lowest BCUT2D eigenvalue weighted by Gasteiger charge is -2.21. The Labute approximate surface area is 157 Å². The maximum atomic E-state index is 13.8. The number of hydrogen-bond acceptors (Lipinski definition) is 5. The van der Waals surface area contributed by atoms with E-state index in [1.54, 1.807) is 23.1 Å². The number of ether oxygens (including phenoxy) is 3. The first-order valence-corrected chi connectivity index (χ1v) is 8.33. The molecule has 0 saturated heterocycles. The van der Waals surface area contributed by atoms with E-state index in [-0.39, 0.29) is 24.8 Å². The molecule has 2 aromatic rings. The van der Waals surface area contributed by atoms with Crippen LogP contribution in [0.25, 0.3) is 0 Å². The molecule has 0 radical (unpaired) electrons. The van der Waals surface area contributed by atoms with E-state index in [1.807, 2.05) is 13.0 Å². The van der Waals surface area contributed by atoms with E-state index in [0.29, 0.717) is 29.2 Å². The van der Waals surface area contributed by atoms with Crippen LogP contribution in [-0.4, -0.2) is 38.2 Å². The van der Waals surface area contributed by atoms with Crippen LogP contribution in [0, 0.1) is 17.1 Å². The van der Waals surface area contributed by atoms with Crippen molar-refractivity contribution in [2.75, 3.05) is 27.4 Å². The molecule has 2 aromatic carbocycles. The summed E-state index contributed by atoms with van der Waals surface area (Å²) in [5.74, 6) is 0.181. The molecule has 7 heteroatoms. The van der Waals surface area contributed by atoms with Crippen LogP contribution in [0.1, 0.15) is 18.1 Å². The number of rotatable bonds is 8. The number of nitrogens with zero attached hydrogens (tertiary/aromatic N) is 2. The highest BCUT2D eigenvalue weighted by atomic mass is 19.1. The first kappa shape index (κ1) is 20.0. The van der Waals surface area contributed by atoms with Gasteiger partial charge in [-0.1, -0.05) is 6.07 Å². The Hall–Kier alpha value is -3.27. The quantitative estimate of drug-likeness (QED) is 0.712. The molecule has 0 bridgehead atoms. The van der Waals surface area contributed by atoms with Crippen LogP contribution < -0.4 is 14.2 Å². The van der Waals surface area contributed by atoms with Gasteiger partial charge < -0.3 is 19.1 Å². The zero-order chi connectivity index (χ0) is 19.8. The minimum atomic E-state index is -0.475. The molecule has 0 atom stereocenters. The molecule has 6 nitrogen and oxygen atoms in total. The van der Waals surface area contributed by atoms with E-state index in [1.165, 1.54) is 32.4 Å². The van der Waals surface area contributed by atoms with E-state index in [2.05, 4.69) is 0 Å². The van der Waals surface area contributed by atoms with Crippen molar-refractivity contribution in [3.8, 4) is 23.3 Å². The zero-order valence-electron chi connectivity index (χ0n) is 15.5. The topological polar surface area (TPSA) is 71.8 Å². The second-order valence-corrected chi connectivity index (χ2v) is 5.64. The predicted octanol–water partition coefficient (Wildman–Crippen LogP) is 3.14. The summed E-state index contributed by atoms with van der Waals surface area (Å²) in [6.45, 7) is 2.33. The summed E-state index contributed by atoms with van der Waals surface area (Å²) in [4.78, 5) is 14.0. The Balaban J connectivity index is 2.03. The predicted molar refractivity (Wildman–Crippen MR) is 97.2 cm³/mol. The molecule has 0 spiro atoms. The van der Waals surface area contributed by atoms with Gasteiger partial charge in [-0.15, -0.1) is 0 Å². The maximum absolute atomic E-state index is 13.8. The monoisotopic (exact) mass is 372 g/mol. The third-order valence-corrected chi connectivity index (χ3v) is 3.97. The van der Waals surface area contributed by atoms with Crippen LogP contribution in [0.2, 0.25) is 0 Å². The average Bonchev–Trinajstić information content (AvgIpc) is 2.70. The third-order valence-electron chi connectivity index (χ3n) is 3.97. The number of amides is 1. The zero-order valence-corrected chi connectivity index (χ0v) is 15.5. The van der Waals surface area contributed by atoms with Gasteiger partial charge in [0.25, 0.3) is 5.91 Å². The van der Waals surface area contributed by atoms with Gasteiger partial charge in [-0.25, -0.2) is 4.39 Å². The average molecular weight is 372 g/mol. The standard InChI is InChI=1S/C20H21FN2O4/c1-4-23(12-15-6-7-17(25-2)16(21)9-15)20(24)13-27-18-8-5-14(11-22)10-19(18)26-3/h5-10H,4,12-13H2,1-3H3. The van der Waals surface area contributed by atoms with Crippen molar-refractivity contribution in [3.05, 3.63) is 53.3 Å². The van der Waals surface area contributed by atoms with Crippen LogP contribution in [0.3, 0.4) is 0 Å². The fraction of sp³-hybridized carbons (Fsp3) is 0.300. The van der Waals surface area contributed by atoms with Gasteiger partial charge in [0.15, 0.2) is 29.7 Å². The molecule has 0 N–H and O–H groups in total.